The van der Waals surface area contributed by atoms with E-state index in [1.54, 1.807) is 0 Å². The highest BCUT2D eigenvalue weighted by molar-refractivity contribution is 7.90. The van der Waals surface area contributed by atoms with Gasteiger partial charge in [-0.25, -0.2) is 13.4 Å². The summed E-state index contributed by atoms with van der Waals surface area (Å²) < 4.78 is 33.1. The second-order valence-electron chi connectivity index (χ2n) is 11.1. The maximum absolute atomic E-state index is 12.8. The standard InChI is InChI=1S/C31H27ClN4O4S/c32-28-21(18-5-2-1-3-6-18)7-4-8-23(28)31-34-26-15-24-22(25(16-33)29(26)40-31)11-12-27(24)36-14-13-19(17-36)30(37)35-41(38,39)20-9-10-20/h1-8,15,19-20,27H,9-14,17H2,(H,35,37)/t19-,27-/m1/s1. The molecule has 1 aromatic heterocycles. The summed E-state index contributed by atoms with van der Waals surface area (Å²) in [6, 6.07) is 20.0. The lowest BCUT2D eigenvalue weighted by Gasteiger charge is -2.24. The molecule has 1 saturated heterocycles. The number of carbonyl (C=O) groups is 1. The fourth-order valence-corrected chi connectivity index (χ4v) is 7.93. The van der Waals surface area contributed by atoms with E-state index in [0.29, 0.717) is 71.9 Å². The zero-order valence-corrected chi connectivity index (χ0v) is 23.7. The largest absolute Gasteiger partial charge is 0.435 e. The summed E-state index contributed by atoms with van der Waals surface area (Å²) >= 11 is 6.85. The Labute approximate surface area is 243 Å². The van der Waals surface area contributed by atoms with Gasteiger partial charge in [0.05, 0.1) is 21.8 Å². The quantitative estimate of drug-likeness (QED) is 0.312. The van der Waals surface area contributed by atoms with Crippen molar-refractivity contribution in [1.29, 1.82) is 5.26 Å². The molecule has 2 aliphatic carbocycles. The van der Waals surface area contributed by atoms with E-state index in [1.807, 2.05) is 54.6 Å². The predicted octanol–water partition coefficient (Wildman–Crippen LogP) is 5.60. The SMILES string of the molecule is N#Cc1c2c(cc3nc(-c4cccc(-c5ccccc5)c4Cl)oc13)[C@H](N1CC[C@@H](C(=O)NS(=O)(=O)C3CC3)C1)CC2. The van der Waals surface area contributed by atoms with Crippen molar-refractivity contribution < 1.29 is 17.6 Å². The molecule has 10 heteroatoms. The molecule has 0 unspecified atom stereocenters. The van der Waals surface area contributed by atoms with Crippen molar-refractivity contribution in [3.05, 3.63) is 76.3 Å². The lowest BCUT2D eigenvalue weighted by atomic mass is 10.0. The van der Waals surface area contributed by atoms with Crippen LogP contribution in [0.3, 0.4) is 0 Å². The molecule has 1 N–H and O–H groups in total. The van der Waals surface area contributed by atoms with Gasteiger partial charge in [0.1, 0.15) is 17.1 Å². The van der Waals surface area contributed by atoms with Crippen LogP contribution in [0.2, 0.25) is 5.02 Å². The van der Waals surface area contributed by atoms with Crippen LogP contribution < -0.4 is 4.72 Å². The molecule has 2 atom stereocenters. The molecule has 2 fully saturated rings. The molecule has 41 heavy (non-hydrogen) atoms. The van der Waals surface area contributed by atoms with E-state index in [1.165, 1.54) is 0 Å². The molecule has 208 valence electrons. The minimum atomic E-state index is -3.57. The van der Waals surface area contributed by atoms with Crippen molar-refractivity contribution in [3.63, 3.8) is 0 Å². The number of aromatic nitrogens is 1. The first-order chi connectivity index (χ1) is 19.8. The second-order valence-corrected chi connectivity index (χ2v) is 13.4. The first-order valence-electron chi connectivity index (χ1n) is 13.8. The maximum atomic E-state index is 12.8. The predicted molar refractivity (Wildman–Crippen MR) is 155 cm³/mol. The van der Waals surface area contributed by atoms with E-state index in [0.717, 1.165) is 28.7 Å². The van der Waals surface area contributed by atoms with E-state index in [9.17, 15) is 18.5 Å². The van der Waals surface area contributed by atoms with Crippen LogP contribution in [0.5, 0.6) is 0 Å². The summed E-state index contributed by atoms with van der Waals surface area (Å²) in [6.45, 7) is 1.15. The first-order valence-corrected chi connectivity index (χ1v) is 15.8. The Morgan fingerprint density at radius 1 is 1.07 bits per heavy atom. The molecule has 0 spiro atoms. The molecule has 3 aromatic carbocycles. The van der Waals surface area contributed by atoms with Crippen LogP contribution in [0.15, 0.2) is 59.0 Å². The molecule has 4 aromatic rings. The minimum absolute atomic E-state index is 0.0180. The summed E-state index contributed by atoms with van der Waals surface area (Å²) in [4.78, 5) is 19.8. The average molecular weight is 587 g/mol. The molecule has 7 rings (SSSR count). The van der Waals surface area contributed by atoms with E-state index in [-0.39, 0.29) is 12.0 Å². The summed E-state index contributed by atoms with van der Waals surface area (Å²) in [5.41, 5.74) is 5.99. The maximum Gasteiger partial charge on any atom is 0.237 e. The Morgan fingerprint density at radius 2 is 1.85 bits per heavy atom. The van der Waals surface area contributed by atoms with Crippen molar-refractivity contribution in [1.82, 2.24) is 14.6 Å². The summed E-state index contributed by atoms with van der Waals surface area (Å²) in [6.07, 6.45) is 3.34. The normalized spacial score (nSPS) is 20.7. The number of benzene rings is 3. The Kier molecular flexibility index (Phi) is 6.38. The zero-order valence-electron chi connectivity index (χ0n) is 22.1. The van der Waals surface area contributed by atoms with Gasteiger partial charge in [-0.15, -0.1) is 0 Å². The van der Waals surface area contributed by atoms with Gasteiger partial charge in [0.15, 0.2) is 5.58 Å². The third-order valence-corrected chi connectivity index (χ3v) is 10.8. The van der Waals surface area contributed by atoms with Gasteiger partial charge in [0.2, 0.25) is 21.8 Å². The fraction of sp³-hybridized carbons (Fsp3) is 0.323. The van der Waals surface area contributed by atoms with Crippen molar-refractivity contribution >= 4 is 38.6 Å². The van der Waals surface area contributed by atoms with E-state index in [2.05, 4.69) is 15.7 Å². The van der Waals surface area contributed by atoms with Gasteiger partial charge in [-0.3, -0.25) is 14.4 Å². The molecule has 1 saturated carbocycles. The molecule has 0 bridgehead atoms. The second kappa shape index (κ2) is 9.98. The van der Waals surface area contributed by atoms with Crippen LogP contribution >= 0.6 is 11.6 Å². The highest BCUT2D eigenvalue weighted by Gasteiger charge is 2.41. The fourth-order valence-electron chi connectivity index (χ4n) is 6.25. The van der Waals surface area contributed by atoms with Gasteiger partial charge in [-0.1, -0.05) is 54.1 Å². The van der Waals surface area contributed by atoms with Crippen LogP contribution in [-0.4, -0.2) is 42.5 Å². The molecular formula is C31H27ClN4O4S. The smallest absolute Gasteiger partial charge is 0.237 e. The minimum Gasteiger partial charge on any atom is -0.435 e. The molecule has 0 radical (unpaired) electrons. The van der Waals surface area contributed by atoms with Crippen LogP contribution in [0.4, 0.5) is 0 Å². The number of nitrogens with one attached hydrogen (secondary N) is 1. The van der Waals surface area contributed by atoms with Gasteiger partial charge in [0, 0.05) is 18.2 Å². The number of oxazole rings is 1. The van der Waals surface area contributed by atoms with Gasteiger partial charge in [-0.2, -0.15) is 5.26 Å². The lowest BCUT2D eigenvalue weighted by molar-refractivity contribution is -0.122. The molecule has 2 heterocycles. The number of fused-ring (bicyclic) bond motifs is 2. The van der Waals surface area contributed by atoms with Gasteiger partial charge in [-0.05, 0) is 67.5 Å². The number of hydrogen-bond acceptors (Lipinski definition) is 7. The molecule has 1 amide bonds. The number of halogens is 1. The van der Waals surface area contributed by atoms with Crippen molar-refractivity contribution in [2.24, 2.45) is 5.92 Å². The van der Waals surface area contributed by atoms with E-state index < -0.39 is 21.2 Å². The number of nitrogens with zero attached hydrogens (tertiary/aromatic N) is 3. The van der Waals surface area contributed by atoms with Crippen LogP contribution in [0.1, 0.15) is 48.4 Å². The molecule has 8 nitrogen and oxygen atoms in total. The number of likely N-dealkylation sites (tertiary alicyclic amines) is 1. The average Bonchev–Trinajstić information content (AvgIpc) is 3.38. The van der Waals surface area contributed by atoms with Crippen molar-refractivity contribution in [2.75, 3.05) is 13.1 Å². The summed E-state index contributed by atoms with van der Waals surface area (Å²) in [7, 11) is -3.57. The number of amides is 1. The highest BCUT2D eigenvalue weighted by atomic mass is 35.5. The number of carbonyl (C=O) groups excluding carboxylic acids is 1. The zero-order chi connectivity index (χ0) is 28.3. The molecular weight excluding hydrogens is 560 g/mol. The topological polar surface area (TPSA) is 116 Å². The Balaban J connectivity index is 1.19. The Hall–Kier alpha value is -3.71. The van der Waals surface area contributed by atoms with Gasteiger partial charge < -0.3 is 4.42 Å². The Morgan fingerprint density at radius 3 is 2.61 bits per heavy atom. The van der Waals surface area contributed by atoms with E-state index in [4.69, 9.17) is 21.0 Å². The van der Waals surface area contributed by atoms with Gasteiger partial charge >= 0.3 is 0 Å². The third kappa shape index (κ3) is 4.60. The monoisotopic (exact) mass is 586 g/mol. The van der Waals surface area contributed by atoms with Gasteiger partial charge in [0.25, 0.3) is 0 Å². The molecule has 1 aliphatic heterocycles. The third-order valence-electron chi connectivity index (χ3n) is 8.51. The Bertz CT molecular complexity index is 1840. The first kappa shape index (κ1) is 26.2. The molecule has 3 aliphatic rings. The van der Waals surface area contributed by atoms with E-state index >= 15 is 0 Å². The number of nitriles is 1. The number of rotatable bonds is 6. The lowest BCUT2D eigenvalue weighted by Crippen LogP contribution is -2.38. The highest BCUT2D eigenvalue weighted by Crippen LogP contribution is 2.44. The summed E-state index contributed by atoms with van der Waals surface area (Å²) in [5, 5.41) is 10.3. The van der Waals surface area contributed by atoms with Crippen LogP contribution in [0.25, 0.3) is 33.7 Å². The number of sulfonamides is 1. The van der Waals surface area contributed by atoms with Crippen LogP contribution in [0, 0.1) is 17.2 Å². The van der Waals surface area contributed by atoms with Crippen molar-refractivity contribution in [2.45, 2.75) is 43.4 Å². The number of hydrogen-bond donors (Lipinski definition) is 1. The van der Waals surface area contributed by atoms with Crippen LogP contribution in [-0.2, 0) is 21.2 Å². The summed E-state index contributed by atoms with van der Waals surface area (Å²) in [5.74, 6) is -0.444. The van der Waals surface area contributed by atoms with Crippen molar-refractivity contribution in [3.8, 4) is 28.7 Å².